The van der Waals surface area contributed by atoms with Crippen LogP contribution in [0.4, 0.5) is 0 Å². The zero-order valence-corrected chi connectivity index (χ0v) is 15.4. The van der Waals surface area contributed by atoms with Crippen LogP contribution in [-0.4, -0.2) is 30.1 Å². The van der Waals surface area contributed by atoms with Gasteiger partial charge in [0.1, 0.15) is 0 Å². The molecule has 1 aromatic rings. The molecule has 2 rings (SSSR count). The smallest absolute Gasteiger partial charge is 0.0250 e. The summed E-state index contributed by atoms with van der Waals surface area (Å²) in [6, 6.07) is 9.98. The monoisotopic (exact) mass is 352 g/mol. The maximum absolute atomic E-state index is 3.76. The van der Waals surface area contributed by atoms with Crippen molar-refractivity contribution >= 4 is 15.9 Å². The molecule has 1 aliphatic heterocycles. The van der Waals surface area contributed by atoms with E-state index in [1.165, 1.54) is 16.5 Å². The lowest BCUT2D eigenvalue weighted by Gasteiger charge is -2.44. The molecule has 21 heavy (non-hydrogen) atoms. The summed E-state index contributed by atoms with van der Waals surface area (Å²) in [6.45, 7) is 12.6. The molecule has 0 aliphatic carbocycles. The summed E-state index contributed by atoms with van der Waals surface area (Å²) < 4.78 is 1.18. The third-order valence-electron chi connectivity index (χ3n) is 4.87. The minimum Gasteiger partial charge on any atom is -0.311 e. The van der Waals surface area contributed by atoms with E-state index in [0.717, 1.165) is 25.6 Å². The summed E-state index contributed by atoms with van der Waals surface area (Å²) in [5.74, 6) is 1.42. The molecule has 1 aliphatic rings. The summed E-state index contributed by atoms with van der Waals surface area (Å²) in [4.78, 5) is 2.69. The summed E-state index contributed by atoms with van der Waals surface area (Å²) in [6.07, 6.45) is 1.24. The van der Waals surface area contributed by atoms with Gasteiger partial charge in [0, 0.05) is 36.2 Å². The molecule has 2 nitrogen and oxygen atoms in total. The second kappa shape index (κ2) is 7.75. The zero-order valence-electron chi connectivity index (χ0n) is 13.8. The molecule has 3 heteroatoms. The third kappa shape index (κ3) is 4.54. The lowest BCUT2D eigenvalue weighted by atomic mass is 9.91. The minimum absolute atomic E-state index is 0.609. The summed E-state index contributed by atoms with van der Waals surface area (Å²) in [5, 5.41) is 3.76. The van der Waals surface area contributed by atoms with E-state index >= 15 is 0 Å². The molecule has 0 amide bonds. The molecule has 3 unspecified atom stereocenters. The highest BCUT2D eigenvalue weighted by Gasteiger charge is 2.31. The Bertz CT molecular complexity index is 447. The molecule has 0 radical (unpaired) electrons. The van der Waals surface area contributed by atoms with Gasteiger partial charge in [0.15, 0.2) is 0 Å². The van der Waals surface area contributed by atoms with E-state index in [2.05, 4.69) is 78.1 Å². The number of rotatable bonds is 5. The molecule has 1 fully saturated rings. The van der Waals surface area contributed by atoms with Gasteiger partial charge in [-0.1, -0.05) is 62.2 Å². The third-order valence-corrected chi connectivity index (χ3v) is 5.36. The van der Waals surface area contributed by atoms with Gasteiger partial charge < -0.3 is 5.32 Å². The van der Waals surface area contributed by atoms with E-state index in [9.17, 15) is 0 Å². The highest BCUT2D eigenvalue weighted by Crippen LogP contribution is 2.23. The van der Waals surface area contributed by atoms with Gasteiger partial charge in [-0.3, -0.25) is 4.90 Å². The van der Waals surface area contributed by atoms with Crippen LogP contribution in [0.2, 0.25) is 0 Å². The first-order valence-electron chi connectivity index (χ1n) is 8.23. The van der Waals surface area contributed by atoms with E-state index in [-0.39, 0.29) is 0 Å². The van der Waals surface area contributed by atoms with Crippen LogP contribution >= 0.6 is 15.9 Å². The van der Waals surface area contributed by atoms with Crippen molar-refractivity contribution in [3.8, 4) is 0 Å². The Balaban J connectivity index is 2.12. The van der Waals surface area contributed by atoms with Crippen molar-refractivity contribution < 1.29 is 0 Å². The van der Waals surface area contributed by atoms with E-state index in [1.54, 1.807) is 0 Å². The van der Waals surface area contributed by atoms with Crippen molar-refractivity contribution in [1.82, 2.24) is 10.2 Å². The number of nitrogens with zero attached hydrogens (tertiary/aromatic N) is 1. The van der Waals surface area contributed by atoms with Crippen LogP contribution in [0.5, 0.6) is 0 Å². The summed E-state index contributed by atoms with van der Waals surface area (Å²) >= 11 is 3.59. The van der Waals surface area contributed by atoms with Gasteiger partial charge in [-0.25, -0.2) is 0 Å². The second-order valence-corrected chi connectivity index (χ2v) is 7.69. The lowest BCUT2D eigenvalue weighted by molar-refractivity contribution is 0.0722. The Kier molecular flexibility index (Phi) is 6.27. The van der Waals surface area contributed by atoms with Crippen LogP contribution in [0.25, 0.3) is 0 Å². The maximum atomic E-state index is 3.76. The molecule has 0 aromatic heterocycles. The van der Waals surface area contributed by atoms with Gasteiger partial charge >= 0.3 is 0 Å². The van der Waals surface area contributed by atoms with Gasteiger partial charge in [-0.2, -0.15) is 0 Å². The van der Waals surface area contributed by atoms with Crippen LogP contribution < -0.4 is 5.32 Å². The predicted molar refractivity (Wildman–Crippen MR) is 94.4 cm³/mol. The molecule has 3 atom stereocenters. The number of benzene rings is 1. The maximum Gasteiger partial charge on any atom is 0.0250 e. The highest BCUT2D eigenvalue weighted by molar-refractivity contribution is 9.10. The van der Waals surface area contributed by atoms with Gasteiger partial charge in [0.25, 0.3) is 0 Å². The van der Waals surface area contributed by atoms with E-state index < -0.39 is 0 Å². The van der Waals surface area contributed by atoms with Crippen molar-refractivity contribution in [3.05, 3.63) is 34.3 Å². The largest absolute Gasteiger partial charge is 0.311 e. The fraction of sp³-hybridized carbons (Fsp3) is 0.667. The fourth-order valence-electron chi connectivity index (χ4n) is 3.19. The van der Waals surface area contributed by atoms with Gasteiger partial charge in [-0.05, 0) is 29.5 Å². The van der Waals surface area contributed by atoms with Gasteiger partial charge in [-0.15, -0.1) is 0 Å². The Hall–Kier alpha value is -0.380. The molecule has 1 aromatic carbocycles. The summed E-state index contributed by atoms with van der Waals surface area (Å²) in [7, 11) is 0. The average molecular weight is 353 g/mol. The number of hydrogen-bond acceptors (Lipinski definition) is 2. The van der Waals surface area contributed by atoms with E-state index in [0.29, 0.717) is 18.0 Å². The first-order chi connectivity index (χ1) is 10.0. The number of piperazine rings is 1. The number of hydrogen-bond donors (Lipinski definition) is 1. The van der Waals surface area contributed by atoms with Crippen LogP contribution in [0.15, 0.2) is 28.7 Å². The Morgan fingerprint density at radius 2 is 2.10 bits per heavy atom. The number of nitrogens with one attached hydrogen (secondary N) is 1. The molecule has 1 N–H and O–H groups in total. The Morgan fingerprint density at radius 1 is 1.33 bits per heavy atom. The van der Waals surface area contributed by atoms with Crippen LogP contribution in [0, 0.1) is 11.8 Å². The van der Waals surface area contributed by atoms with Crippen molar-refractivity contribution in [1.29, 1.82) is 0 Å². The van der Waals surface area contributed by atoms with Gasteiger partial charge in [0.2, 0.25) is 0 Å². The SMILES string of the molecule is CCC(C)C1CNC(C(C)C)CN1Cc1cccc(Br)c1. The molecular weight excluding hydrogens is 324 g/mol. The molecule has 118 valence electrons. The predicted octanol–water partition coefficient (Wildman–Crippen LogP) is 4.29. The van der Waals surface area contributed by atoms with Gasteiger partial charge in [0.05, 0.1) is 0 Å². The molecule has 1 heterocycles. The minimum atomic E-state index is 0.609. The molecule has 0 bridgehead atoms. The normalized spacial score (nSPS) is 25.2. The first-order valence-corrected chi connectivity index (χ1v) is 9.02. The molecule has 0 spiro atoms. The summed E-state index contributed by atoms with van der Waals surface area (Å²) in [5.41, 5.74) is 1.40. The standard InChI is InChI=1S/C18H29BrN2/c1-5-14(4)18-10-20-17(13(2)3)12-21(18)11-15-7-6-8-16(19)9-15/h6-9,13-14,17-18,20H,5,10-12H2,1-4H3. The average Bonchev–Trinajstić information content (AvgIpc) is 2.46. The molecular formula is C18H29BrN2. The molecule has 1 saturated heterocycles. The van der Waals surface area contributed by atoms with Crippen LogP contribution in [0.1, 0.15) is 39.7 Å². The first kappa shape index (κ1) is 17.0. The Morgan fingerprint density at radius 3 is 2.71 bits per heavy atom. The van der Waals surface area contributed by atoms with Crippen LogP contribution in [-0.2, 0) is 6.54 Å². The highest BCUT2D eigenvalue weighted by atomic mass is 79.9. The fourth-order valence-corrected chi connectivity index (χ4v) is 3.63. The van der Waals surface area contributed by atoms with E-state index in [1.807, 2.05) is 0 Å². The molecule has 0 saturated carbocycles. The Labute approximate surface area is 138 Å². The van der Waals surface area contributed by atoms with Crippen molar-refractivity contribution in [2.24, 2.45) is 11.8 Å². The topological polar surface area (TPSA) is 15.3 Å². The van der Waals surface area contributed by atoms with Crippen molar-refractivity contribution in [2.75, 3.05) is 13.1 Å². The van der Waals surface area contributed by atoms with Crippen molar-refractivity contribution in [2.45, 2.75) is 52.7 Å². The van der Waals surface area contributed by atoms with Crippen molar-refractivity contribution in [3.63, 3.8) is 0 Å². The zero-order chi connectivity index (χ0) is 15.4. The van der Waals surface area contributed by atoms with Crippen LogP contribution in [0.3, 0.4) is 0 Å². The number of halogens is 1. The quantitative estimate of drug-likeness (QED) is 0.849. The lowest BCUT2D eigenvalue weighted by Crippen LogP contribution is -2.59. The second-order valence-electron chi connectivity index (χ2n) is 6.77. The van der Waals surface area contributed by atoms with E-state index in [4.69, 9.17) is 0 Å².